The van der Waals surface area contributed by atoms with Crippen molar-refractivity contribution in [1.82, 2.24) is 0 Å². The van der Waals surface area contributed by atoms with Gasteiger partial charge in [-0.05, 0) is 55.3 Å². The van der Waals surface area contributed by atoms with Gasteiger partial charge in [0.1, 0.15) is 5.82 Å². The monoisotopic (exact) mass is 286 g/mol. The third-order valence-electron chi connectivity index (χ3n) is 3.16. The lowest BCUT2D eigenvalue weighted by Gasteiger charge is -2.08. The van der Waals surface area contributed by atoms with E-state index in [-0.39, 0.29) is 11.7 Å². The Morgan fingerprint density at radius 3 is 2.38 bits per heavy atom. The van der Waals surface area contributed by atoms with E-state index < -0.39 is 0 Å². The van der Waals surface area contributed by atoms with Crippen LogP contribution in [0.5, 0.6) is 0 Å². The number of benzene rings is 2. The summed E-state index contributed by atoms with van der Waals surface area (Å²) in [6, 6.07) is 11.9. The summed E-state index contributed by atoms with van der Waals surface area (Å²) in [5, 5.41) is 5.93. The molecule has 1 amide bonds. The number of hydrogen-bond acceptors (Lipinski definition) is 2. The SMILES string of the molecule is CCCNc1ccc(C(=O)Nc2ccc(C)c(F)c2)cc1. The topological polar surface area (TPSA) is 41.1 Å². The maximum absolute atomic E-state index is 13.4. The average Bonchev–Trinajstić information content (AvgIpc) is 2.49. The van der Waals surface area contributed by atoms with Gasteiger partial charge in [-0.1, -0.05) is 13.0 Å². The molecule has 2 aromatic carbocycles. The van der Waals surface area contributed by atoms with Gasteiger partial charge < -0.3 is 10.6 Å². The lowest BCUT2D eigenvalue weighted by atomic mass is 10.1. The van der Waals surface area contributed by atoms with Gasteiger partial charge in [0.2, 0.25) is 0 Å². The van der Waals surface area contributed by atoms with E-state index in [1.807, 2.05) is 12.1 Å². The van der Waals surface area contributed by atoms with Gasteiger partial charge in [-0.2, -0.15) is 0 Å². The lowest BCUT2D eigenvalue weighted by Crippen LogP contribution is -2.12. The third kappa shape index (κ3) is 4.05. The van der Waals surface area contributed by atoms with Crippen LogP contribution in [0, 0.1) is 12.7 Å². The predicted octanol–water partition coefficient (Wildman–Crippen LogP) is 4.21. The number of aryl methyl sites for hydroxylation is 1. The smallest absolute Gasteiger partial charge is 0.255 e. The third-order valence-corrected chi connectivity index (χ3v) is 3.16. The summed E-state index contributed by atoms with van der Waals surface area (Å²) < 4.78 is 13.4. The van der Waals surface area contributed by atoms with Crippen molar-refractivity contribution in [1.29, 1.82) is 0 Å². The Morgan fingerprint density at radius 1 is 1.10 bits per heavy atom. The first-order valence-corrected chi connectivity index (χ1v) is 7.01. The maximum atomic E-state index is 13.4. The minimum atomic E-state index is -0.327. The molecule has 2 rings (SSSR count). The van der Waals surface area contributed by atoms with Crippen molar-refractivity contribution in [3.63, 3.8) is 0 Å². The van der Waals surface area contributed by atoms with Crippen molar-refractivity contribution in [3.8, 4) is 0 Å². The van der Waals surface area contributed by atoms with Gasteiger partial charge in [-0.3, -0.25) is 4.79 Å². The molecule has 0 aliphatic heterocycles. The number of carbonyl (C=O) groups excluding carboxylic acids is 1. The summed E-state index contributed by atoms with van der Waals surface area (Å²) in [4.78, 5) is 12.1. The Morgan fingerprint density at radius 2 is 1.76 bits per heavy atom. The molecular weight excluding hydrogens is 267 g/mol. The number of hydrogen-bond donors (Lipinski definition) is 2. The highest BCUT2D eigenvalue weighted by molar-refractivity contribution is 6.04. The first kappa shape index (κ1) is 15.0. The van der Waals surface area contributed by atoms with Crippen LogP contribution in [-0.2, 0) is 0 Å². The second-order valence-electron chi connectivity index (χ2n) is 4.92. The lowest BCUT2D eigenvalue weighted by molar-refractivity contribution is 0.102. The highest BCUT2D eigenvalue weighted by atomic mass is 19.1. The van der Waals surface area contributed by atoms with Crippen LogP contribution in [0.3, 0.4) is 0 Å². The molecule has 0 aromatic heterocycles. The first-order chi connectivity index (χ1) is 10.1. The predicted molar refractivity (Wildman–Crippen MR) is 84.3 cm³/mol. The Balaban J connectivity index is 2.04. The fourth-order valence-electron chi connectivity index (χ4n) is 1.88. The largest absolute Gasteiger partial charge is 0.385 e. The average molecular weight is 286 g/mol. The molecule has 0 bridgehead atoms. The molecule has 21 heavy (non-hydrogen) atoms. The molecule has 0 radical (unpaired) electrons. The summed E-state index contributed by atoms with van der Waals surface area (Å²) in [7, 11) is 0. The number of rotatable bonds is 5. The number of halogens is 1. The summed E-state index contributed by atoms with van der Waals surface area (Å²) in [5.41, 5.74) is 2.53. The Hall–Kier alpha value is -2.36. The normalized spacial score (nSPS) is 10.2. The molecule has 2 aromatic rings. The van der Waals surface area contributed by atoms with E-state index >= 15 is 0 Å². The van der Waals surface area contributed by atoms with Crippen LogP contribution in [-0.4, -0.2) is 12.5 Å². The van der Waals surface area contributed by atoms with Crippen LogP contribution in [0.15, 0.2) is 42.5 Å². The molecule has 0 heterocycles. The van der Waals surface area contributed by atoms with Crippen LogP contribution in [0.2, 0.25) is 0 Å². The zero-order valence-corrected chi connectivity index (χ0v) is 12.2. The molecule has 0 aliphatic rings. The van der Waals surface area contributed by atoms with E-state index in [2.05, 4.69) is 17.6 Å². The van der Waals surface area contributed by atoms with Gasteiger partial charge >= 0.3 is 0 Å². The van der Waals surface area contributed by atoms with E-state index in [0.29, 0.717) is 16.8 Å². The highest BCUT2D eigenvalue weighted by Gasteiger charge is 2.07. The summed E-state index contributed by atoms with van der Waals surface area (Å²) in [5.74, 6) is -0.577. The van der Waals surface area contributed by atoms with Crippen LogP contribution in [0.4, 0.5) is 15.8 Å². The van der Waals surface area contributed by atoms with Gasteiger partial charge in [0.05, 0.1) is 0 Å². The van der Waals surface area contributed by atoms with Crippen molar-refractivity contribution in [3.05, 3.63) is 59.4 Å². The second-order valence-corrected chi connectivity index (χ2v) is 4.92. The van der Waals surface area contributed by atoms with Crippen molar-refractivity contribution in [2.24, 2.45) is 0 Å². The van der Waals surface area contributed by atoms with E-state index in [1.54, 1.807) is 31.2 Å². The zero-order chi connectivity index (χ0) is 15.2. The van der Waals surface area contributed by atoms with Crippen LogP contribution in [0.1, 0.15) is 29.3 Å². The fourth-order valence-corrected chi connectivity index (χ4v) is 1.88. The molecule has 0 aliphatic carbocycles. The van der Waals surface area contributed by atoms with E-state index in [9.17, 15) is 9.18 Å². The van der Waals surface area contributed by atoms with Crippen LogP contribution < -0.4 is 10.6 Å². The molecule has 0 saturated carbocycles. The molecule has 0 atom stereocenters. The Bertz CT molecular complexity index is 623. The minimum absolute atomic E-state index is 0.250. The van der Waals surface area contributed by atoms with E-state index in [1.165, 1.54) is 6.07 Å². The molecule has 0 fully saturated rings. The zero-order valence-electron chi connectivity index (χ0n) is 12.2. The van der Waals surface area contributed by atoms with E-state index in [0.717, 1.165) is 18.7 Å². The summed E-state index contributed by atoms with van der Waals surface area (Å²) in [6.45, 7) is 4.67. The number of anilines is 2. The summed E-state index contributed by atoms with van der Waals surface area (Å²) >= 11 is 0. The van der Waals surface area contributed by atoms with Crippen LogP contribution >= 0.6 is 0 Å². The molecule has 2 N–H and O–H groups in total. The number of carbonyl (C=O) groups is 1. The molecule has 0 spiro atoms. The van der Waals surface area contributed by atoms with Crippen LogP contribution in [0.25, 0.3) is 0 Å². The molecule has 3 nitrogen and oxygen atoms in total. The van der Waals surface area contributed by atoms with Gasteiger partial charge in [0.25, 0.3) is 5.91 Å². The summed E-state index contributed by atoms with van der Waals surface area (Å²) in [6.07, 6.45) is 1.04. The van der Waals surface area contributed by atoms with E-state index in [4.69, 9.17) is 0 Å². The van der Waals surface area contributed by atoms with Crippen molar-refractivity contribution in [2.75, 3.05) is 17.2 Å². The fraction of sp³-hybridized carbons (Fsp3) is 0.235. The highest BCUT2D eigenvalue weighted by Crippen LogP contribution is 2.16. The van der Waals surface area contributed by atoms with Crippen molar-refractivity contribution in [2.45, 2.75) is 20.3 Å². The van der Waals surface area contributed by atoms with Gasteiger partial charge in [0.15, 0.2) is 0 Å². The molecular formula is C17H19FN2O. The Kier molecular flexibility index (Phi) is 4.93. The number of nitrogens with one attached hydrogen (secondary N) is 2. The Labute approximate surface area is 124 Å². The molecule has 0 saturated heterocycles. The van der Waals surface area contributed by atoms with Gasteiger partial charge in [0, 0.05) is 23.5 Å². The molecule has 110 valence electrons. The molecule has 4 heteroatoms. The van der Waals surface area contributed by atoms with Crippen molar-refractivity contribution >= 4 is 17.3 Å². The van der Waals surface area contributed by atoms with Gasteiger partial charge in [-0.25, -0.2) is 4.39 Å². The standard InChI is InChI=1S/C17H19FN2O/c1-3-10-19-14-8-5-13(6-9-14)17(21)20-15-7-4-12(2)16(18)11-15/h4-9,11,19H,3,10H2,1-2H3,(H,20,21). The number of amides is 1. The molecule has 0 unspecified atom stereocenters. The van der Waals surface area contributed by atoms with Gasteiger partial charge in [-0.15, -0.1) is 0 Å². The maximum Gasteiger partial charge on any atom is 0.255 e. The quantitative estimate of drug-likeness (QED) is 0.864. The van der Waals surface area contributed by atoms with Crippen molar-refractivity contribution < 1.29 is 9.18 Å². The minimum Gasteiger partial charge on any atom is -0.385 e. The first-order valence-electron chi connectivity index (χ1n) is 7.01. The second kappa shape index (κ2) is 6.88.